The SMILES string of the molecule is NC(=O)C(NC1CCCCCC1)c1c(F)cccc1F. The summed E-state index contributed by atoms with van der Waals surface area (Å²) in [5, 5.41) is 3.04. The highest BCUT2D eigenvalue weighted by Gasteiger charge is 2.27. The second kappa shape index (κ2) is 6.79. The first-order chi connectivity index (χ1) is 9.59. The molecular formula is C15H20F2N2O. The van der Waals surface area contributed by atoms with E-state index in [1.807, 2.05) is 0 Å². The fourth-order valence-electron chi connectivity index (χ4n) is 2.78. The lowest BCUT2D eigenvalue weighted by Gasteiger charge is -2.23. The zero-order chi connectivity index (χ0) is 14.5. The summed E-state index contributed by atoms with van der Waals surface area (Å²) in [4.78, 5) is 11.6. The van der Waals surface area contributed by atoms with Gasteiger partial charge in [-0.2, -0.15) is 0 Å². The van der Waals surface area contributed by atoms with Crippen molar-refractivity contribution in [2.45, 2.75) is 50.6 Å². The van der Waals surface area contributed by atoms with Gasteiger partial charge in [0.05, 0.1) is 0 Å². The van der Waals surface area contributed by atoms with Crippen molar-refractivity contribution in [1.82, 2.24) is 5.32 Å². The Hall–Kier alpha value is -1.49. The van der Waals surface area contributed by atoms with Gasteiger partial charge in [-0.15, -0.1) is 0 Å². The van der Waals surface area contributed by atoms with Crippen molar-refractivity contribution in [3.05, 3.63) is 35.4 Å². The molecule has 1 aliphatic carbocycles. The number of hydrogen-bond acceptors (Lipinski definition) is 2. The lowest BCUT2D eigenvalue weighted by molar-refractivity contribution is -0.120. The normalized spacial score (nSPS) is 18.5. The molecule has 0 heterocycles. The minimum atomic E-state index is -1.11. The predicted octanol–water partition coefficient (Wildman–Crippen LogP) is 2.80. The van der Waals surface area contributed by atoms with Gasteiger partial charge >= 0.3 is 0 Å². The highest BCUT2D eigenvalue weighted by molar-refractivity contribution is 5.81. The Balaban J connectivity index is 2.20. The van der Waals surface area contributed by atoms with Gasteiger partial charge in [0.2, 0.25) is 5.91 Å². The molecule has 1 aromatic rings. The zero-order valence-corrected chi connectivity index (χ0v) is 11.4. The smallest absolute Gasteiger partial charge is 0.239 e. The van der Waals surface area contributed by atoms with E-state index in [0.717, 1.165) is 50.7 Å². The van der Waals surface area contributed by atoms with Crippen LogP contribution in [0.25, 0.3) is 0 Å². The van der Waals surface area contributed by atoms with Crippen LogP contribution in [0.2, 0.25) is 0 Å². The summed E-state index contributed by atoms with van der Waals surface area (Å²) in [6, 6.07) is 2.53. The molecule has 1 aromatic carbocycles. The summed E-state index contributed by atoms with van der Waals surface area (Å²) in [6.07, 6.45) is 6.24. The number of carbonyl (C=O) groups excluding carboxylic acids is 1. The molecule has 0 radical (unpaired) electrons. The molecule has 0 spiro atoms. The summed E-state index contributed by atoms with van der Waals surface area (Å²) in [5.41, 5.74) is 5.05. The Morgan fingerprint density at radius 2 is 1.70 bits per heavy atom. The third-order valence-electron chi connectivity index (χ3n) is 3.83. The van der Waals surface area contributed by atoms with E-state index < -0.39 is 23.6 Å². The molecule has 1 aliphatic rings. The molecule has 0 aliphatic heterocycles. The molecule has 0 aromatic heterocycles. The lowest BCUT2D eigenvalue weighted by atomic mass is 10.0. The van der Waals surface area contributed by atoms with Crippen LogP contribution in [-0.4, -0.2) is 11.9 Å². The molecule has 20 heavy (non-hydrogen) atoms. The van der Waals surface area contributed by atoms with E-state index in [4.69, 9.17) is 5.73 Å². The van der Waals surface area contributed by atoms with Crippen molar-refractivity contribution in [3.8, 4) is 0 Å². The van der Waals surface area contributed by atoms with Crippen molar-refractivity contribution in [1.29, 1.82) is 0 Å². The Labute approximate surface area is 117 Å². The molecule has 0 saturated heterocycles. The van der Waals surface area contributed by atoms with Crippen LogP contribution in [0.15, 0.2) is 18.2 Å². The standard InChI is InChI=1S/C15H20F2N2O/c16-11-8-5-9-12(17)13(11)14(15(18)20)19-10-6-3-1-2-4-7-10/h5,8-10,14,19H,1-4,6-7H2,(H2,18,20). The summed E-state index contributed by atoms with van der Waals surface area (Å²) in [6.45, 7) is 0. The molecule has 1 atom stereocenters. The molecule has 1 saturated carbocycles. The first-order valence-corrected chi connectivity index (χ1v) is 7.09. The Morgan fingerprint density at radius 1 is 1.15 bits per heavy atom. The second-order valence-corrected chi connectivity index (χ2v) is 5.33. The van der Waals surface area contributed by atoms with Crippen LogP contribution in [0.4, 0.5) is 8.78 Å². The summed E-state index contributed by atoms with van der Waals surface area (Å²) < 4.78 is 27.6. The van der Waals surface area contributed by atoms with Crippen LogP contribution < -0.4 is 11.1 Å². The molecule has 0 bridgehead atoms. The number of primary amides is 1. The number of carbonyl (C=O) groups is 1. The van der Waals surface area contributed by atoms with Crippen molar-refractivity contribution in [2.24, 2.45) is 5.73 Å². The van der Waals surface area contributed by atoms with E-state index in [1.165, 1.54) is 6.07 Å². The van der Waals surface area contributed by atoms with E-state index in [2.05, 4.69) is 5.32 Å². The van der Waals surface area contributed by atoms with Crippen molar-refractivity contribution in [3.63, 3.8) is 0 Å². The maximum absolute atomic E-state index is 13.8. The van der Waals surface area contributed by atoms with Crippen LogP contribution in [0.1, 0.15) is 50.1 Å². The van der Waals surface area contributed by atoms with E-state index in [-0.39, 0.29) is 11.6 Å². The van der Waals surface area contributed by atoms with Crippen LogP contribution in [-0.2, 0) is 4.79 Å². The Kier molecular flexibility index (Phi) is 5.06. The monoisotopic (exact) mass is 282 g/mol. The van der Waals surface area contributed by atoms with Crippen LogP contribution in [0.5, 0.6) is 0 Å². The molecule has 3 nitrogen and oxygen atoms in total. The van der Waals surface area contributed by atoms with Crippen LogP contribution in [0, 0.1) is 11.6 Å². The fourth-order valence-corrected chi connectivity index (χ4v) is 2.78. The summed E-state index contributed by atoms with van der Waals surface area (Å²) in [7, 11) is 0. The summed E-state index contributed by atoms with van der Waals surface area (Å²) in [5.74, 6) is -2.23. The quantitative estimate of drug-likeness (QED) is 0.834. The van der Waals surface area contributed by atoms with E-state index in [0.29, 0.717) is 0 Å². The van der Waals surface area contributed by atoms with Crippen molar-refractivity contribution in [2.75, 3.05) is 0 Å². The summed E-state index contributed by atoms with van der Waals surface area (Å²) >= 11 is 0. The number of halogens is 2. The lowest BCUT2D eigenvalue weighted by Crippen LogP contribution is -2.40. The second-order valence-electron chi connectivity index (χ2n) is 5.33. The molecule has 110 valence electrons. The third kappa shape index (κ3) is 3.54. The molecular weight excluding hydrogens is 262 g/mol. The van der Waals surface area contributed by atoms with E-state index >= 15 is 0 Å². The van der Waals surface area contributed by atoms with Gasteiger partial charge in [-0.05, 0) is 25.0 Å². The minimum Gasteiger partial charge on any atom is -0.368 e. The van der Waals surface area contributed by atoms with Crippen LogP contribution >= 0.6 is 0 Å². The third-order valence-corrected chi connectivity index (χ3v) is 3.83. The molecule has 2 rings (SSSR count). The maximum atomic E-state index is 13.8. The van der Waals surface area contributed by atoms with Gasteiger partial charge in [0.25, 0.3) is 0 Å². The number of hydrogen-bond donors (Lipinski definition) is 2. The number of rotatable bonds is 4. The molecule has 1 fully saturated rings. The van der Waals surface area contributed by atoms with Gasteiger partial charge in [0.1, 0.15) is 17.7 Å². The van der Waals surface area contributed by atoms with Gasteiger partial charge in [0.15, 0.2) is 0 Å². The average molecular weight is 282 g/mol. The average Bonchev–Trinajstić information content (AvgIpc) is 2.65. The van der Waals surface area contributed by atoms with E-state index in [9.17, 15) is 13.6 Å². The molecule has 1 unspecified atom stereocenters. The number of nitrogens with two attached hydrogens (primary N) is 1. The molecule has 5 heteroatoms. The topological polar surface area (TPSA) is 55.1 Å². The van der Waals surface area contributed by atoms with Gasteiger partial charge in [-0.25, -0.2) is 8.78 Å². The van der Waals surface area contributed by atoms with Gasteiger partial charge in [0, 0.05) is 11.6 Å². The molecule has 3 N–H and O–H groups in total. The zero-order valence-electron chi connectivity index (χ0n) is 11.4. The fraction of sp³-hybridized carbons (Fsp3) is 0.533. The van der Waals surface area contributed by atoms with E-state index in [1.54, 1.807) is 0 Å². The first-order valence-electron chi connectivity index (χ1n) is 7.09. The highest BCUT2D eigenvalue weighted by Crippen LogP contribution is 2.24. The molecule has 1 amide bonds. The van der Waals surface area contributed by atoms with Gasteiger partial charge in [-0.3, -0.25) is 10.1 Å². The number of nitrogens with one attached hydrogen (secondary N) is 1. The van der Waals surface area contributed by atoms with Gasteiger partial charge in [-0.1, -0.05) is 31.7 Å². The van der Waals surface area contributed by atoms with Gasteiger partial charge < -0.3 is 5.73 Å². The minimum absolute atomic E-state index is 0.0778. The van der Waals surface area contributed by atoms with Crippen LogP contribution in [0.3, 0.4) is 0 Å². The first kappa shape index (κ1) is 14.9. The maximum Gasteiger partial charge on any atom is 0.239 e. The number of amides is 1. The van der Waals surface area contributed by atoms with Crippen molar-refractivity contribution < 1.29 is 13.6 Å². The Bertz CT molecular complexity index is 451. The highest BCUT2D eigenvalue weighted by atomic mass is 19.1. The Morgan fingerprint density at radius 3 is 2.20 bits per heavy atom. The number of benzene rings is 1. The predicted molar refractivity (Wildman–Crippen MR) is 72.9 cm³/mol. The largest absolute Gasteiger partial charge is 0.368 e. The van der Waals surface area contributed by atoms with Crippen molar-refractivity contribution >= 4 is 5.91 Å².